The van der Waals surface area contributed by atoms with Crippen molar-refractivity contribution < 1.29 is 4.42 Å². The molecule has 2 rings (SSSR count). The van der Waals surface area contributed by atoms with Crippen molar-refractivity contribution in [3.8, 4) is 6.07 Å². The maximum atomic E-state index is 8.78. The average molecular weight is 255 g/mol. The Morgan fingerprint density at radius 2 is 2.11 bits per heavy atom. The molecule has 0 fully saturated rings. The number of rotatable bonds is 4. The average Bonchev–Trinajstić information content (AvgIpc) is 2.77. The molecular weight excluding hydrogens is 238 g/mol. The van der Waals surface area contributed by atoms with Gasteiger partial charge in [-0.25, -0.2) is 0 Å². The Morgan fingerprint density at radius 1 is 1.32 bits per heavy atom. The molecule has 0 saturated heterocycles. The van der Waals surface area contributed by atoms with Crippen LogP contribution in [-0.4, -0.2) is 7.05 Å². The SMILES string of the molecule is Cc1ccc(CN(C)c2ccc(N)c(CC#N)c2)o1. The molecule has 4 nitrogen and oxygen atoms in total. The molecule has 0 unspecified atom stereocenters. The van der Waals surface area contributed by atoms with Gasteiger partial charge in [-0.05, 0) is 42.8 Å². The molecule has 0 aliphatic carbocycles. The van der Waals surface area contributed by atoms with Crippen molar-refractivity contribution in [3.63, 3.8) is 0 Å². The van der Waals surface area contributed by atoms with Crippen LogP contribution in [0.4, 0.5) is 11.4 Å². The Labute approximate surface area is 113 Å². The third-order valence-electron chi connectivity index (χ3n) is 3.03. The molecule has 0 bridgehead atoms. The number of nitrogen functional groups attached to an aromatic ring is 1. The molecule has 19 heavy (non-hydrogen) atoms. The van der Waals surface area contributed by atoms with E-state index in [0.29, 0.717) is 18.7 Å². The topological polar surface area (TPSA) is 66.2 Å². The molecule has 2 N–H and O–H groups in total. The number of nitriles is 1. The van der Waals surface area contributed by atoms with Crippen LogP contribution in [0.3, 0.4) is 0 Å². The lowest BCUT2D eigenvalue weighted by Gasteiger charge is -2.19. The first-order chi connectivity index (χ1) is 9.10. The Bertz CT molecular complexity index is 610. The van der Waals surface area contributed by atoms with Crippen molar-refractivity contribution in [2.45, 2.75) is 19.9 Å². The van der Waals surface area contributed by atoms with Crippen molar-refractivity contribution in [1.29, 1.82) is 5.26 Å². The zero-order chi connectivity index (χ0) is 13.8. The zero-order valence-electron chi connectivity index (χ0n) is 11.2. The number of benzene rings is 1. The summed E-state index contributed by atoms with van der Waals surface area (Å²) in [6.45, 7) is 2.61. The van der Waals surface area contributed by atoms with E-state index < -0.39 is 0 Å². The van der Waals surface area contributed by atoms with Gasteiger partial charge in [-0.15, -0.1) is 0 Å². The van der Waals surface area contributed by atoms with Gasteiger partial charge < -0.3 is 15.1 Å². The number of nitrogens with two attached hydrogens (primary N) is 1. The van der Waals surface area contributed by atoms with E-state index in [2.05, 4.69) is 11.0 Å². The highest BCUT2D eigenvalue weighted by atomic mass is 16.3. The highest BCUT2D eigenvalue weighted by Gasteiger charge is 2.07. The highest BCUT2D eigenvalue weighted by molar-refractivity contribution is 5.59. The molecule has 2 aromatic rings. The lowest BCUT2D eigenvalue weighted by Crippen LogP contribution is -2.16. The van der Waals surface area contributed by atoms with Crippen molar-refractivity contribution >= 4 is 11.4 Å². The van der Waals surface area contributed by atoms with E-state index in [9.17, 15) is 0 Å². The van der Waals surface area contributed by atoms with E-state index in [1.54, 1.807) is 0 Å². The Morgan fingerprint density at radius 3 is 2.74 bits per heavy atom. The van der Waals surface area contributed by atoms with Gasteiger partial charge in [0.25, 0.3) is 0 Å². The van der Waals surface area contributed by atoms with E-state index in [1.165, 1.54) is 0 Å². The Kier molecular flexibility index (Phi) is 3.76. The standard InChI is InChI=1S/C15H17N3O/c1-11-3-5-14(19-11)10-18(2)13-4-6-15(17)12(9-13)7-8-16/h3-6,9H,7,10,17H2,1-2H3. The van der Waals surface area contributed by atoms with E-state index in [-0.39, 0.29) is 0 Å². The fourth-order valence-corrected chi connectivity index (χ4v) is 1.96. The van der Waals surface area contributed by atoms with Crippen LogP contribution in [0.15, 0.2) is 34.7 Å². The Balaban J connectivity index is 2.17. The number of hydrogen-bond donors (Lipinski definition) is 1. The summed E-state index contributed by atoms with van der Waals surface area (Å²) in [5, 5.41) is 8.78. The predicted octanol–water partition coefficient (Wildman–Crippen LogP) is 2.87. The molecule has 4 heteroatoms. The molecule has 1 aromatic carbocycles. The van der Waals surface area contributed by atoms with Gasteiger partial charge in [-0.3, -0.25) is 0 Å². The lowest BCUT2D eigenvalue weighted by molar-refractivity contribution is 0.482. The van der Waals surface area contributed by atoms with E-state index in [4.69, 9.17) is 15.4 Å². The van der Waals surface area contributed by atoms with E-state index >= 15 is 0 Å². The second-order valence-corrected chi connectivity index (χ2v) is 4.59. The van der Waals surface area contributed by atoms with Crippen molar-refractivity contribution in [1.82, 2.24) is 0 Å². The molecule has 0 aliphatic rings. The fraction of sp³-hybridized carbons (Fsp3) is 0.267. The van der Waals surface area contributed by atoms with Gasteiger partial charge in [0.2, 0.25) is 0 Å². The minimum absolute atomic E-state index is 0.327. The van der Waals surface area contributed by atoms with Crippen LogP contribution >= 0.6 is 0 Å². The number of hydrogen-bond acceptors (Lipinski definition) is 4. The minimum atomic E-state index is 0.327. The van der Waals surface area contributed by atoms with E-state index in [0.717, 1.165) is 22.8 Å². The first-order valence-corrected chi connectivity index (χ1v) is 6.12. The van der Waals surface area contributed by atoms with Crippen LogP contribution in [0, 0.1) is 18.3 Å². The quantitative estimate of drug-likeness (QED) is 0.853. The lowest BCUT2D eigenvalue weighted by atomic mass is 10.1. The summed E-state index contributed by atoms with van der Waals surface area (Å²) in [5.41, 5.74) is 8.39. The van der Waals surface area contributed by atoms with Crippen LogP contribution in [0.1, 0.15) is 17.1 Å². The molecule has 0 spiro atoms. The van der Waals surface area contributed by atoms with E-state index in [1.807, 2.05) is 44.3 Å². The van der Waals surface area contributed by atoms with Crippen LogP contribution in [0.25, 0.3) is 0 Å². The molecule has 1 heterocycles. The number of nitrogens with zero attached hydrogens (tertiary/aromatic N) is 2. The summed E-state index contributed by atoms with van der Waals surface area (Å²) in [6, 6.07) is 11.8. The van der Waals surface area contributed by atoms with Crippen molar-refractivity contribution in [2.75, 3.05) is 17.7 Å². The second kappa shape index (κ2) is 5.49. The van der Waals surface area contributed by atoms with Gasteiger partial charge in [-0.1, -0.05) is 0 Å². The predicted molar refractivity (Wildman–Crippen MR) is 75.7 cm³/mol. The molecule has 0 aliphatic heterocycles. The largest absolute Gasteiger partial charge is 0.464 e. The molecule has 0 amide bonds. The van der Waals surface area contributed by atoms with Gasteiger partial charge in [0.1, 0.15) is 11.5 Å². The van der Waals surface area contributed by atoms with Gasteiger partial charge >= 0.3 is 0 Å². The van der Waals surface area contributed by atoms with Crippen LogP contribution in [0.5, 0.6) is 0 Å². The van der Waals surface area contributed by atoms with Crippen LogP contribution in [-0.2, 0) is 13.0 Å². The maximum Gasteiger partial charge on any atom is 0.123 e. The first-order valence-electron chi connectivity index (χ1n) is 6.12. The summed E-state index contributed by atoms with van der Waals surface area (Å²) in [7, 11) is 1.99. The molecule has 1 aromatic heterocycles. The maximum absolute atomic E-state index is 8.78. The minimum Gasteiger partial charge on any atom is -0.464 e. The molecule has 98 valence electrons. The smallest absolute Gasteiger partial charge is 0.123 e. The molecule has 0 radical (unpaired) electrons. The second-order valence-electron chi connectivity index (χ2n) is 4.59. The summed E-state index contributed by atoms with van der Waals surface area (Å²) < 4.78 is 5.56. The number of furan rings is 1. The van der Waals surface area contributed by atoms with Crippen LogP contribution < -0.4 is 10.6 Å². The van der Waals surface area contributed by atoms with Gasteiger partial charge in [0.15, 0.2) is 0 Å². The van der Waals surface area contributed by atoms with Crippen molar-refractivity contribution in [3.05, 3.63) is 47.4 Å². The molecular formula is C15H17N3O. The third-order valence-corrected chi connectivity index (χ3v) is 3.03. The monoisotopic (exact) mass is 255 g/mol. The number of aryl methyl sites for hydroxylation is 1. The van der Waals surface area contributed by atoms with Gasteiger partial charge in [-0.2, -0.15) is 5.26 Å². The first kappa shape index (κ1) is 13.0. The molecule has 0 atom stereocenters. The summed E-state index contributed by atoms with van der Waals surface area (Å²) in [6.07, 6.45) is 0.327. The zero-order valence-corrected chi connectivity index (χ0v) is 11.2. The van der Waals surface area contributed by atoms with Crippen LogP contribution in [0.2, 0.25) is 0 Å². The Hall–Kier alpha value is -2.41. The van der Waals surface area contributed by atoms with Gasteiger partial charge in [0, 0.05) is 18.4 Å². The van der Waals surface area contributed by atoms with Crippen molar-refractivity contribution in [2.24, 2.45) is 0 Å². The normalized spacial score (nSPS) is 10.2. The fourth-order valence-electron chi connectivity index (χ4n) is 1.96. The summed E-state index contributed by atoms with van der Waals surface area (Å²) in [4.78, 5) is 2.07. The number of anilines is 2. The summed E-state index contributed by atoms with van der Waals surface area (Å²) in [5.74, 6) is 1.82. The molecule has 0 saturated carbocycles. The summed E-state index contributed by atoms with van der Waals surface area (Å²) >= 11 is 0. The third kappa shape index (κ3) is 3.08. The highest BCUT2D eigenvalue weighted by Crippen LogP contribution is 2.22. The van der Waals surface area contributed by atoms with Gasteiger partial charge in [0.05, 0.1) is 19.0 Å².